The minimum absolute atomic E-state index is 1.10. The van der Waals surface area contributed by atoms with E-state index in [0.29, 0.717) is 0 Å². The van der Waals surface area contributed by atoms with Crippen LogP contribution in [0.4, 0.5) is 5.69 Å². The zero-order valence-corrected chi connectivity index (χ0v) is 11.0. The summed E-state index contributed by atoms with van der Waals surface area (Å²) >= 11 is 3.46. The molecule has 0 atom stereocenters. The van der Waals surface area contributed by atoms with Crippen LogP contribution in [0.5, 0.6) is 0 Å². The first kappa shape index (κ1) is 12.6. The molecule has 15 heavy (non-hydrogen) atoms. The van der Waals surface area contributed by atoms with Crippen LogP contribution in [0, 0.1) is 0 Å². The number of anilines is 1. The number of hydrogen-bond acceptors (Lipinski definition) is 1. The fourth-order valence-corrected chi connectivity index (χ4v) is 2.08. The van der Waals surface area contributed by atoms with E-state index in [1.54, 1.807) is 0 Å². The summed E-state index contributed by atoms with van der Waals surface area (Å²) in [6.45, 7) is 4.49. The van der Waals surface area contributed by atoms with Crippen molar-refractivity contribution in [2.75, 3.05) is 23.3 Å². The van der Waals surface area contributed by atoms with Crippen molar-refractivity contribution in [2.45, 2.75) is 26.2 Å². The minimum atomic E-state index is 1.10. The van der Waals surface area contributed by atoms with Gasteiger partial charge in [-0.15, -0.1) is 0 Å². The lowest BCUT2D eigenvalue weighted by molar-refractivity contribution is 0.690. The molecule has 0 bridgehead atoms. The van der Waals surface area contributed by atoms with Crippen LogP contribution >= 0.6 is 15.9 Å². The van der Waals surface area contributed by atoms with Crippen LogP contribution in [-0.4, -0.2) is 18.4 Å². The van der Waals surface area contributed by atoms with Gasteiger partial charge in [0.1, 0.15) is 0 Å². The normalized spacial score (nSPS) is 10.3. The number of alkyl halides is 1. The predicted octanol–water partition coefficient (Wildman–Crippen LogP) is 4.08. The number of halogens is 1. The second kappa shape index (κ2) is 7.75. The first-order chi connectivity index (χ1) is 7.38. The first-order valence-corrected chi connectivity index (χ1v) is 6.86. The number of hydrogen-bond donors (Lipinski definition) is 0. The number of para-hydroxylation sites is 1. The highest BCUT2D eigenvalue weighted by Gasteiger charge is 2.01. The zero-order valence-electron chi connectivity index (χ0n) is 9.45. The van der Waals surface area contributed by atoms with Crippen molar-refractivity contribution in [1.29, 1.82) is 0 Å². The van der Waals surface area contributed by atoms with Crippen molar-refractivity contribution < 1.29 is 0 Å². The molecule has 0 aromatic heterocycles. The number of benzene rings is 1. The van der Waals surface area contributed by atoms with Crippen LogP contribution in [0.1, 0.15) is 26.2 Å². The Labute approximate surface area is 102 Å². The highest BCUT2D eigenvalue weighted by molar-refractivity contribution is 9.09. The van der Waals surface area contributed by atoms with Crippen LogP contribution in [0.25, 0.3) is 0 Å². The predicted molar refractivity (Wildman–Crippen MR) is 72.0 cm³/mol. The smallest absolute Gasteiger partial charge is 0.0366 e. The molecule has 0 aliphatic rings. The molecular formula is C13H20BrN. The van der Waals surface area contributed by atoms with Gasteiger partial charge in [0.25, 0.3) is 0 Å². The van der Waals surface area contributed by atoms with Crippen molar-refractivity contribution in [1.82, 2.24) is 0 Å². The van der Waals surface area contributed by atoms with Gasteiger partial charge in [0.05, 0.1) is 0 Å². The topological polar surface area (TPSA) is 3.24 Å². The molecule has 0 heterocycles. The highest BCUT2D eigenvalue weighted by atomic mass is 79.9. The van der Waals surface area contributed by atoms with Crippen molar-refractivity contribution in [3.8, 4) is 0 Å². The molecule has 1 aromatic carbocycles. The molecule has 0 fully saturated rings. The Kier molecular flexibility index (Phi) is 6.49. The summed E-state index contributed by atoms with van der Waals surface area (Å²) in [5.41, 5.74) is 1.35. The third-order valence-corrected chi connectivity index (χ3v) is 3.13. The Hall–Kier alpha value is -0.500. The molecule has 0 spiro atoms. The zero-order chi connectivity index (χ0) is 10.9. The van der Waals surface area contributed by atoms with Gasteiger partial charge < -0.3 is 4.90 Å². The van der Waals surface area contributed by atoms with Crippen molar-refractivity contribution in [3.63, 3.8) is 0 Å². The fourth-order valence-electron chi connectivity index (χ4n) is 1.68. The third kappa shape index (κ3) is 4.70. The van der Waals surface area contributed by atoms with Crippen molar-refractivity contribution >= 4 is 21.6 Å². The molecule has 0 amide bonds. The molecule has 0 radical (unpaired) electrons. The van der Waals surface area contributed by atoms with Crippen LogP contribution in [0.2, 0.25) is 0 Å². The molecule has 2 heteroatoms. The summed E-state index contributed by atoms with van der Waals surface area (Å²) in [7, 11) is 0. The standard InChI is InChI=1S/C13H20BrN/c1-2-15(12-8-4-7-11-14)13-9-5-3-6-10-13/h3,5-6,9-10H,2,4,7-8,11-12H2,1H3. The van der Waals surface area contributed by atoms with Crippen LogP contribution in [-0.2, 0) is 0 Å². The van der Waals surface area contributed by atoms with E-state index in [-0.39, 0.29) is 0 Å². The number of unbranched alkanes of at least 4 members (excludes halogenated alkanes) is 2. The van der Waals surface area contributed by atoms with Gasteiger partial charge in [-0.1, -0.05) is 40.5 Å². The Morgan fingerprint density at radius 2 is 1.80 bits per heavy atom. The van der Waals surface area contributed by atoms with Gasteiger partial charge in [0.15, 0.2) is 0 Å². The summed E-state index contributed by atoms with van der Waals surface area (Å²) in [5.74, 6) is 0. The Bertz CT molecular complexity index is 248. The SMILES string of the molecule is CCN(CCCCCBr)c1ccccc1. The average Bonchev–Trinajstić information content (AvgIpc) is 2.30. The maximum atomic E-state index is 3.46. The first-order valence-electron chi connectivity index (χ1n) is 5.74. The molecular weight excluding hydrogens is 250 g/mol. The molecule has 1 nitrogen and oxygen atoms in total. The lowest BCUT2D eigenvalue weighted by atomic mass is 10.2. The molecule has 1 rings (SSSR count). The monoisotopic (exact) mass is 269 g/mol. The maximum Gasteiger partial charge on any atom is 0.0366 e. The second-order valence-corrected chi connectivity index (χ2v) is 4.46. The van der Waals surface area contributed by atoms with Crippen LogP contribution in [0.3, 0.4) is 0 Å². The van der Waals surface area contributed by atoms with E-state index in [2.05, 4.69) is 58.1 Å². The number of nitrogens with zero attached hydrogens (tertiary/aromatic N) is 1. The molecule has 84 valence electrons. The van der Waals surface area contributed by atoms with Gasteiger partial charge in [-0.25, -0.2) is 0 Å². The summed E-state index contributed by atoms with van der Waals surface area (Å²) in [4.78, 5) is 2.44. The van der Waals surface area contributed by atoms with E-state index >= 15 is 0 Å². The van der Waals surface area contributed by atoms with E-state index in [1.165, 1.54) is 31.5 Å². The summed E-state index contributed by atoms with van der Waals surface area (Å²) in [6, 6.07) is 10.7. The van der Waals surface area contributed by atoms with Gasteiger partial charge >= 0.3 is 0 Å². The highest BCUT2D eigenvalue weighted by Crippen LogP contribution is 2.13. The molecule has 0 saturated heterocycles. The molecule has 0 saturated carbocycles. The lowest BCUT2D eigenvalue weighted by Crippen LogP contribution is -2.23. The van der Waals surface area contributed by atoms with Gasteiger partial charge in [-0.2, -0.15) is 0 Å². The maximum absolute atomic E-state index is 3.46. The number of rotatable bonds is 7. The summed E-state index contributed by atoms with van der Waals surface area (Å²) in [6.07, 6.45) is 3.88. The average molecular weight is 270 g/mol. The van der Waals surface area contributed by atoms with E-state index in [0.717, 1.165) is 11.9 Å². The Morgan fingerprint density at radius 1 is 1.07 bits per heavy atom. The second-order valence-electron chi connectivity index (χ2n) is 3.66. The van der Waals surface area contributed by atoms with Gasteiger partial charge in [-0.3, -0.25) is 0 Å². The molecule has 0 N–H and O–H groups in total. The van der Waals surface area contributed by atoms with Crippen molar-refractivity contribution in [2.24, 2.45) is 0 Å². The van der Waals surface area contributed by atoms with E-state index < -0.39 is 0 Å². The van der Waals surface area contributed by atoms with E-state index in [9.17, 15) is 0 Å². The van der Waals surface area contributed by atoms with Crippen LogP contribution in [0.15, 0.2) is 30.3 Å². The third-order valence-electron chi connectivity index (χ3n) is 2.56. The molecule has 0 unspecified atom stereocenters. The minimum Gasteiger partial charge on any atom is -0.372 e. The molecule has 0 aliphatic heterocycles. The quantitative estimate of drug-likeness (QED) is 0.533. The van der Waals surface area contributed by atoms with Crippen molar-refractivity contribution in [3.05, 3.63) is 30.3 Å². The Morgan fingerprint density at radius 3 is 2.40 bits per heavy atom. The van der Waals surface area contributed by atoms with Gasteiger partial charge in [0.2, 0.25) is 0 Å². The van der Waals surface area contributed by atoms with Gasteiger partial charge in [0, 0.05) is 24.1 Å². The van der Waals surface area contributed by atoms with E-state index in [1.807, 2.05) is 0 Å². The Balaban J connectivity index is 2.36. The molecule has 0 aliphatic carbocycles. The molecule has 1 aromatic rings. The lowest BCUT2D eigenvalue weighted by Gasteiger charge is -2.22. The fraction of sp³-hybridized carbons (Fsp3) is 0.538. The largest absolute Gasteiger partial charge is 0.372 e. The van der Waals surface area contributed by atoms with Crippen LogP contribution < -0.4 is 4.90 Å². The van der Waals surface area contributed by atoms with E-state index in [4.69, 9.17) is 0 Å². The summed E-state index contributed by atoms with van der Waals surface area (Å²) < 4.78 is 0. The van der Waals surface area contributed by atoms with Gasteiger partial charge in [-0.05, 0) is 31.9 Å². The summed E-state index contributed by atoms with van der Waals surface area (Å²) in [5, 5.41) is 1.13.